The standard InChI is InChI=1S/C20H15FN2O4S/c1-11-15(20(25)26-2)7-14(27-11)8-23-10-22-18-17(19(23)24)16(9-28-18)12-3-5-13(21)6-4-12/h3-7,9-10H,8H2,1-2H3. The van der Waals surface area contributed by atoms with Crippen molar-refractivity contribution in [2.24, 2.45) is 0 Å². The van der Waals surface area contributed by atoms with E-state index in [0.717, 1.165) is 5.56 Å². The normalized spacial score (nSPS) is 11.1. The molecule has 0 atom stereocenters. The van der Waals surface area contributed by atoms with E-state index < -0.39 is 5.97 Å². The summed E-state index contributed by atoms with van der Waals surface area (Å²) in [6.07, 6.45) is 1.45. The lowest BCUT2D eigenvalue weighted by Crippen LogP contribution is -2.20. The molecule has 0 fully saturated rings. The van der Waals surface area contributed by atoms with Crippen LogP contribution in [0.3, 0.4) is 0 Å². The Morgan fingerprint density at radius 2 is 2.07 bits per heavy atom. The van der Waals surface area contributed by atoms with Gasteiger partial charge in [-0.25, -0.2) is 14.2 Å². The predicted molar refractivity (Wildman–Crippen MR) is 103 cm³/mol. The molecule has 0 amide bonds. The number of benzene rings is 1. The second-order valence-electron chi connectivity index (χ2n) is 6.19. The van der Waals surface area contributed by atoms with Crippen molar-refractivity contribution in [1.29, 1.82) is 0 Å². The van der Waals surface area contributed by atoms with E-state index in [2.05, 4.69) is 4.98 Å². The molecule has 3 heterocycles. The summed E-state index contributed by atoms with van der Waals surface area (Å²) >= 11 is 1.35. The number of halogens is 1. The van der Waals surface area contributed by atoms with E-state index >= 15 is 0 Å². The second kappa shape index (κ2) is 7.05. The molecule has 0 bridgehead atoms. The number of hydrogen-bond donors (Lipinski definition) is 0. The van der Waals surface area contributed by atoms with Gasteiger partial charge in [0, 0.05) is 10.9 Å². The van der Waals surface area contributed by atoms with Gasteiger partial charge in [-0.05, 0) is 30.7 Å². The van der Waals surface area contributed by atoms with Gasteiger partial charge in [0.25, 0.3) is 5.56 Å². The number of ether oxygens (including phenoxy) is 1. The zero-order valence-electron chi connectivity index (χ0n) is 15.1. The van der Waals surface area contributed by atoms with Gasteiger partial charge in [0.1, 0.15) is 27.7 Å². The molecule has 0 spiro atoms. The van der Waals surface area contributed by atoms with Crippen molar-refractivity contribution in [2.75, 3.05) is 7.11 Å². The van der Waals surface area contributed by atoms with Gasteiger partial charge >= 0.3 is 5.97 Å². The number of aryl methyl sites for hydroxylation is 1. The van der Waals surface area contributed by atoms with Crippen molar-refractivity contribution in [3.8, 4) is 11.1 Å². The average Bonchev–Trinajstić information content (AvgIpc) is 3.28. The van der Waals surface area contributed by atoms with Crippen LogP contribution in [0.1, 0.15) is 21.9 Å². The number of esters is 1. The van der Waals surface area contributed by atoms with Gasteiger partial charge in [-0.1, -0.05) is 12.1 Å². The molecule has 6 nitrogen and oxygen atoms in total. The molecule has 0 aliphatic carbocycles. The number of rotatable bonds is 4. The molecule has 0 unspecified atom stereocenters. The lowest BCUT2D eigenvalue weighted by Gasteiger charge is -2.04. The van der Waals surface area contributed by atoms with E-state index in [0.29, 0.717) is 32.9 Å². The maximum Gasteiger partial charge on any atom is 0.341 e. The van der Waals surface area contributed by atoms with E-state index in [4.69, 9.17) is 9.15 Å². The van der Waals surface area contributed by atoms with Crippen molar-refractivity contribution < 1.29 is 18.3 Å². The number of aromatic nitrogens is 2. The first kappa shape index (κ1) is 18.1. The van der Waals surface area contributed by atoms with Gasteiger partial charge < -0.3 is 9.15 Å². The van der Waals surface area contributed by atoms with Gasteiger partial charge in [0.2, 0.25) is 0 Å². The summed E-state index contributed by atoms with van der Waals surface area (Å²) < 4.78 is 25.0. The summed E-state index contributed by atoms with van der Waals surface area (Å²) in [7, 11) is 1.30. The van der Waals surface area contributed by atoms with Crippen LogP contribution in [-0.4, -0.2) is 22.6 Å². The number of furan rings is 1. The van der Waals surface area contributed by atoms with Crippen LogP contribution in [0.5, 0.6) is 0 Å². The SMILES string of the molecule is COC(=O)c1cc(Cn2cnc3scc(-c4ccc(F)cc4)c3c2=O)oc1C. The lowest BCUT2D eigenvalue weighted by molar-refractivity contribution is 0.0599. The number of carbonyl (C=O) groups excluding carboxylic acids is 1. The van der Waals surface area contributed by atoms with Crippen LogP contribution in [0.25, 0.3) is 21.3 Å². The molecule has 1 aromatic carbocycles. The van der Waals surface area contributed by atoms with Crippen LogP contribution in [0.4, 0.5) is 4.39 Å². The minimum Gasteiger partial charge on any atom is -0.465 e. The van der Waals surface area contributed by atoms with E-state index in [1.54, 1.807) is 25.1 Å². The Morgan fingerprint density at radius 1 is 1.32 bits per heavy atom. The third kappa shape index (κ3) is 3.11. The van der Waals surface area contributed by atoms with E-state index in [9.17, 15) is 14.0 Å². The minimum absolute atomic E-state index is 0.123. The van der Waals surface area contributed by atoms with Crippen LogP contribution >= 0.6 is 11.3 Å². The van der Waals surface area contributed by atoms with Crippen molar-refractivity contribution >= 4 is 27.5 Å². The summed E-state index contributed by atoms with van der Waals surface area (Å²) in [4.78, 5) is 29.8. The third-order valence-electron chi connectivity index (χ3n) is 4.42. The number of thiophene rings is 1. The fourth-order valence-electron chi connectivity index (χ4n) is 3.02. The molecule has 0 aliphatic rings. The van der Waals surface area contributed by atoms with Crippen molar-refractivity contribution in [2.45, 2.75) is 13.5 Å². The number of fused-ring (bicyclic) bond motifs is 1. The van der Waals surface area contributed by atoms with Crippen LogP contribution in [-0.2, 0) is 11.3 Å². The molecule has 0 saturated heterocycles. The highest BCUT2D eigenvalue weighted by molar-refractivity contribution is 7.17. The Bertz CT molecular complexity index is 1240. The number of carbonyl (C=O) groups is 1. The molecule has 4 aromatic rings. The maximum absolute atomic E-state index is 13.2. The monoisotopic (exact) mass is 398 g/mol. The van der Waals surface area contributed by atoms with Gasteiger partial charge in [0.15, 0.2) is 0 Å². The molecule has 28 heavy (non-hydrogen) atoms. The summed E-state index contributed by atoms with van der Waals surface area (Å²) in [5.74, 6) is 0.0319. The summed E-state index contributed by atoms with van der Waals surface area (Å²) in [6.45, 7) is 1.78. The zero-order chi connectivity index (χ0) is 19.8. The third-order valence-corrected chi connectivity index (χ3v) is 5.30. The molecule has 0 radical (unpaired) electrons. The van der Waals surface area contributed by atoms with Crippen LogP contribution < -0.4 is 5.56 Å². The summed E-state index contributed by atoms with van der Waals surface area (Å²) in [5, 5.41) is 2.30. The second-order valence-corrected chi connectivity index (χ2v) is 7.05. The molecule has 0 aliphatic heterocycles. The molecule has 8 heteroatoms. The topological polar surface area (TPSA) is 74.3 Å². The van der Waals surface area contributed by atoms with E-state index in [1.165, 1.54) is 41.5 Å². The fraction of sp³-hybridized carbons (Fsp3) is 0.150. The first-order chi connectivity index (χ1) is 13.5. The largest absolute Gasteiger partial charge is 0.465 e. The van der Waals surface area contributed by atoms with Gasteiger partial charge in [0.05, 0.1) is 25.4 Å². The number of nitrogens with zero attached hydrogens (tertiary/aromatic N) is 2. The van der Waals surface area contributed by atoms with Crippen LogP contribution in [0.15, 0.2) is 51.3 Å². The smallest absolute Gasteiger partial charge is 0.341 e. The highest BCUT2D eigenvalue weighted by atomic mass is 32.1. The predicted octanol–water partition coefficient (Wildman–Crippen LogP) is 4.00. The first-order valence-electron chi connectivity index (χ1n) is 8.38. The highest BCUT2D eigenvalue weighted by Crippen LogP contribution is 2.30. The average molecular weight is 398 g/mol. The van der Waals surface area contributed by atoms with Crippen LogP contribution in [0.2, 0.25) is 0 Å². The lowest BCUT2D eigenvalue weighted by atomic mass is 10.1. The molecular formula is C20H15FN2O4S. The number of hydrogen-bond acceptors (Lipinski definition) is 6. The molecule has 0 N–H and O–H groups in total. The Morgan fingerprint density at radius 3 is 2.79 bits per heavy atom. The molecule has 4 rings (SSSR count). The Balaban J connectivity index is 1.76. The maximum atomic E-state index is 13.2. The van der Waals surface area contributed by atoms with Crippen molar-refractivity contribution in [1.82, 2.24) is 9.55 Å². The zero-order valence-corrected chi connectivity index (χ0v) is 15.9. The first-order valence-corrected chi connectivity index (χ1v) is 9.26. The molecular weight excluding hydrogens is 383 g/mol. The van der Waals surface area contributed by atoms with Gasteiger partial charge in [-0.2, -0.15) is 0 Å². The molecule has 142 valence electrons. The van der Waals surface area contributed by atoms with Gasteiger partial charge in [-0.15, -0.1) is 11.3 Å². The highest BCUT2D eigenvalue weighted by Gasteiger charge is 2.18. The van der Waals surface area contributed by atoms with E-state index in [1.807, 2.05) is 5.38 Å². The molecule has 0 saturated carbocycles. The van der Waals surface area contributed by atoms with Gasteiger partial charge in [-0.3, -0.25) is 9.36 Å². The summed E-state index contributed by atoms with van der Waals surface area (Å²) in [5.41, 5.74) is 1.53. The Kier molecular flexibility index (Phi) is 4.56. The number of methoxy groups -OCH3 is 1. The van der Waals surface area contributed by atoms with Crippen molar-refractivity contribution in [3.63, 3.8) is 0 Å². The fourth-order valence-corrected chi connectivity index (χ4v) is 3.93. The van der Waals surface area contributed by atoms with Crippen molar-refractivity contribution in [3.05, 3.63) is 75.3 Å². The molecule has 3 aromatic heterocycles. The quantitative estimate of drug-likeness (QED) is 0.486. The Hall–Kier alpha value is -3.26. The Labute approximate surface area is 162 Å². The van der Waals surface area contributed by atoms with Crippen LogP contribution in [0, 0.1) is 12.7 Å². The van der Waals surface area contributed by atoms with E-state index in [-0.39, 0.29) is 17.9 Å². The summed E-state index contributed by atoms with van der Waals surface area (Å²) in [6, 6.07) is 7.53. The minimum atomic E-state index is -0.496.